The van der Waals surface area contributed by atoms with Crippen molar-refractivity contribution >= 4 is 28.3 Å². The van der Waals surface area contributed by atoms with Gasteiger partial charge in [0.15, 0.2) is 0 Å². The first kappa shape index (κ1) is 15.1. The quantitative estimate of drug-likeness (QED) is 0.788. The number of hydrogen-bond acceptors (Lipinski definition) is 3. The second kappa shape index (κ2) is 6.92. The Morgan fingerprint density at radius 3 is 2.76 bits per heavy atom. The first-order valence-corrected chi connectivity index (χ1v) is 7.33. The number of aromatic nitrogens is 1. The van der Waals surface area contributed by atoms with Gasteiger partial charge in [-0.05, 0) is 49.4 Å². The van der Waals surface area contributed by atoms with Gasteiger partial charge in [0.25, 0.3) is 0 Å². The molecule has 0 aliphatic carbocycles. The van der Waals surface area contributed by atoms with Crippen LogP contribution in [-0.4, -0.2) is 24.1 Å². The van der Waals surface area contributed by atoms with Crippen molar-refractivity contribution in [2.45, 2.75) is 27.2 Å². The molecule has 2 amide bonds. The van der Waals surface area contributed by atoms with Crippen LogP contribution in [0.1, 0.15) is 25.8 Å². The van der Waals surface area contributed by atoms with Gasteiger partial charge in [-0.3, -0.25) is 5.32 Å². The molecule has 0 aliphatic rings. The third-order valence-corrected chi connectivity index (χ3v) is 3.20. The van der Waals surface area contributed by atoms with Gasteiger partial charge in [0.05, 0.1) is 0 Å². The monoisotopic (exact) mass is 286 g/mol. The number of aryl methyl sites for hydroxylation is 1. The molecule has 0 bridgehead atoms. The molecule has 5 nitrogen and oxygen atoms in total. The Morgan fingerprint density at radius 2 is 2.05 bits per heavy atom. The van der Waals surface area contributed by atoms with E-state index in [1.54, 1.807) is 6.20 Å². The first-order valence-electron chi connectivity index (χ1n) is 7.33. The molecule has 112 valence electrons. The summed E-state index contributed by atoms with van der Waals surface area (Å²) in [5.74, 6) is 0.556. The second-order valence-electron chi connectivity index (χ2n) is 5.00. The summed E-state index contributed by atoms with van der Waals surface area (Å²) in [4.78, 5) is 15.8. The van der Waals surface area contributed by atoms with E-state index in [-0.39, 0.29) is 6.03 Å². The van der Waals surface area contributed by atoms with Gasteiger partial charge in [-0.15, -0.1) is 0 Å². The number of rotatable bonds is 5. The van der Waals surface area contributed by atoms with Gasteiger partial charge >= 0.3 is 6.03 Å². The lowest BCUT2D eigenvalue weighted by Crippen LogP contribution is -2.28. The summed E-state index contributed by atoms with van der Waals surface area (Å²) in [6, 6.07) is 5.87. The summed E-state index contributed by atoms with van der Waals surface area (Å²) in [5.41, 5.74) is 2.26. The van der Waals surface area contributed by atoms with Crippen LogP contribution < -0.4 is 16.0 Å². The Bertz CT molecular complexity index is 639. The maximum Gasteiger partial charge on any atom is 0.320 e. The first-order chi connectivity index (χ1) is 10.1. The lowest BCUT2D eigenvalue weighted by molar-refractivity contribution is 0.252. The van der Waals surface area contributed by atoms with Crippen molar-refractivity contribution < 1.29 is 4.79 Å². The molecule has 1 heterocycles. The van der Waals surface area contributed by atoms with Crippen molar-refractivity contribution in [3.63, 3.8) is 0 Å². The van der Waals surface area contributed by atoms with E-state index in [1.807, 2.05) is 13.0 Å². The second-order valence-corrected chi connectivity index (χ2v) is 5.00. The maximum atomic E-state index is 11.5. The number of amides is 2. The van der Waals surface area contributed by atoms with Crippen LogP contribution in [0.15, 0.2) is 24.4 Å². The van der Waals surface area contributed by atoms with Crippen LogP contribution in [0.4, 0.5) is 16.3 Å². The maximum absolute atomic E-state index is 11.5. The summed E-state index contributed by atoms with van der Waals surface area (Å²) in [7, 11) is 0. The topological polar surface area (TPSA) is 66.0 Å². The van der Waals surface area contributed by atoms with Crippen molar-refractivity contribution in [2.75, 3.05) is 23.7 Å². The van der Waals surface area contributed by atoms with Gasteiger partial charge in [0, 0.05) is 30.4 Å². The molecule has 5 heteroatoms. The minimum atomic E-state index is -0.235. The molecule has 1 aromatic carbocycles. The summed E-state index contributed by atoms with van der Waals surface area (Å²) in [5, 5.41) is 11.0. The standard InChI is InChI=1S/C16H22N4O/c1-4-6-18-13-7-11(3)14-10-19-15(9-12(14)8-13)20-16(21)17-5-2/h7-10,18H,4-6H2,1-3H3,(H2,17,19,20,21). The molecule has 0 saturated carbocycles. The van der Waals surface area contributed by atoms with Crippen molar-refractivity contribution in [1.82, 2.24) is 10.3 Å². The number of fused-ring (bicyclic) bond motifs is 1. The Balaban J connectivity index is 2.29. The number of hydrogen-bond donors (Lipinski definition) is 3. The van der Waals surface area contributed by atoms with Crippen LogP contribution in [0.3, 0.4) is 0 Å². The molecule has 0 saturated heterocycles. The van der Waals surface area contributed by atoms with Gasteiger partial charge in [-0.25, -0.2) is 9.78 Å². The van der Waals surface area contributed by atoms with E-state index in [2.05, 4.69) is 46.9 Å². The third kappa shape index (κ3) is 3.84. The van der Waals surface area contributed by atoms with E-state index in [0.717, 1.165) is 29.4 Å². The highest BCUT2D eigenvalue weighted by atomic mass is 16.2. The number of nitrogens with one attached hydrogen (secondary N) is 3. The zero-order valence-corrected chi connectivity index (χ0v) is 12.8. The molecule has 0 unspecified atom stereocenters. The van der Waals surface area contributed by atoms with Crippen LogP contribution in [0.25, 0.3) is 10.8 Å². The highest BCUT2D eigenvalue weighted by molar-refractivity contribution is 5.94. The molecule has 3 N–H and O–H groups in total. The van der Waals surface area contributed by atoms with Gasteiger partial charge in [-0.1, -0.05) is 6.92 Å². The predicted octanol–water partition coefficient (Wildman–Crippen LogP) is 3.51. The molecule has 0 radical (unpaired) electrons. The van der Waals surface area contributed by atoms with Crippen LogP contribution in [-0.2, 0) is 0 Å². The van der Waals surface area contributed by atoms with Crippen LogP contribution in [0, 0.1) is 6.92 Å². The average Bonchev–Trinajstić information content (AvgIpc) is 2.45. The molecule has 0 spiro atoms. The highest BCUT2D eigenvalue weighted by Gasteiger charge is 2.05. The smallest absolute Gasteiger partial charge is 0.320 e. The zero-order chi connectivity index (χ0) is 15.2. The number of carbonyl (C=O) groups excluding carboxylic acids is 1. The lowest BCUT2D eigenvalue weighted by Gasteiger charge is -2.11. The minimum Gasteiger partial charge on any atom is -0.385 e. The summed E-state index contributed by atoms with van der Waals surface area (Å²) < 4.78 is 0. The summed E-state index contributed by atoms with van der Waals surface area (Å²) in [6.07, 6.45) is 2.88. The van der Waals surface area contributed by atoms with E-state index in [1.165, 1.54) is 5.56 Å². The van der Waals surface area contributed by atoms with E-state index in [4.69, 9.17) is 0 Å². The predicted molar refractivity (Wildman–Crippen MR) is 88.0 cm³/mol. The number of carbonyl (C=O) groups is 1. The number of benzene rings is 1. The zero-order valence-electron chi connectivity index (χ0n) is 12.8. The normalized spacial score (nSPS) is 10.4. The van der Waals surface area contributed by atoms with E-state index in [0.29, 0.717) is 12.4 Å². The Hall–Kier alpha value is -2.30. The van der Waals surface area contributed by atoms with Crippen molar-refractivity contribution in [2.24, 2.45) is 0 Å². The molecule has 0 fully saturated rings. The Kier molecular flexibility index (Phi) is 4.98. The number of pyridine rings is 1. The summed E-state index contributed by atoms with van der Waals surface area (Å²) >= 11 is 0. The minimum absolute atomic E-state index is 0.235. The number of anilines is 2. The molecule has 1 aromatic heterocycles. The molecule has 21 heavy (non-hydrogen) atoms. The SMILES string of the molecule is CCCNc1cc(C)c2cnc(NC(=O)NCC)cc2c1. The van der Waals surface area contributed by atoms with Gasteiger partial charge < -0.3 is 10.6 Å². The van der Waals surface area contributed by atoms with Gasteiger partial charge in [0.1, 0.15) is 5.82 Å². The molecule has 2 rings (SSSR count). The van der Waals surface area contributed by atoms with Gasteiger partial charge in [-0.2, -0.15) is 0 Å². The van der Waals surface area contributed by atoms with E-state index in [9.17, 15) is 4.79 Å². The fourth-order valence-electron chi connectivity index (χ4n) is 2.20. The largest absolute Gasteiger partial charge is 0.385 e. The molecule has 2 aromatic rings. The van der Waals surface area contributed by atoms with Gasteiger partial charge in [0.2, 0.25) is 0 Å². The number of nitrogens with zero attached hydrogens (tertiary/aromatic N) is 1. The van der Waals surface area contributed by atoms with Crippen molar-refractivity contribution in [1.29, 1.82) is 0 Å². The van der Waals surface area contributed by atoms with E-state index < -0.39 is 0 Å². The molecule has 0 aliphatic heterocycles. The van der Waals surface area contributed by atoms with Crippen molar-refractivity contribution in [3.8, 4) is 0 Å². The Morgan fingerprint density at radius 1 is 1.24 bits per heavy atom. The molecular weight excluding hydrogens is 264 g/mol. The molecule has 0 atom stereocenters. The summed E-state index contributed by atoms with van der Waals surface area (Å²) in [6.45, 7) is 7.61. The van der Waals surface area contributed by atoms with Crippen LogP contribution in [0.2, 0.25) is 0 Å². The average molecular weight is 286 g/mol. The fraction of sp³-hybridized carbons (Fsp3) is 0.375. The highest BCUT2D eigenvalue weighted by Crippen LogP contribution is 2.24. The fourth-order valence-corrected chi connectivity index (χ4v) is 2.20. The third-order valence-electron chi connectivity index (χ3n) is 3.20. The van der Waals surface area contributed by atoms with E-state index >= 15 is 0 Å². The Labute approximate surface area is 125 Å². The number of urea groups is 1. The molecular formula is C16H22N4O. The lowest BCUT2D eigenvalue weighted by atomic mass is 10.1. The van der Waals surface area contributed by atoms with Crippen LogP contribution >= 0.6 is 0 Å². The van der Waals surface area contributed by atoms with Crippen molar-refractivity contribution in [3.05, 3.63) is 30.0 Å². The van der Waals surface area contributed by atoms with Crippen LogP contribution in [0.5, 0.6) is 0 Å².